The minimum absolute atomic E-state index is 0.301. The Labute approximate surface area is 159 Å². The lowest BCUT2D eigenvalue weighted by Gasteiger charge is -2.35. The van der Waals surface area contributed by atoms with Crippen LogP contribution in [0.1, 0.15) is 50.5 Å². The Balaban J connectivity index is 1.43. The Bertz CT molecular complexity index is 579. The number of nitrogens with one attached hydrogen (secondary N) is 1. The third-order valence-electron chi connectivity index (χ3n) is 5.57. The zero-order chi connectivity index (χ0) is 17.6. The van der Waals surface area contributed by atoms with E-state index in [1.165, 1.54) is 24.8 Å². The molecule has 1 N–H and O–H groups in total. The van der Waals surface area contributed by atoms with Crippen molar-refractivity contribution in [1.29, 1.82) is 0 Å². The summed E-state index contributed by atoms with van der Waals surface area (Å²) >= 11 is 3.54. The Morgan fingerprint density at radius 2 is 1.92 bits per heavy atom. The molecule has 138 valence electrons. The second-order valence-electron chi connectivity index (χ2n) is 7.28. The highest BCUT2D eigenvalue weighted by atomic mass is 79.9. The fourth-order valence-corrected chi connectivity index (χ4v) is 4.58. The lowest BCUT2D eigenvalue weighted by molar-refractivity contribution is -0.137. The van der Waals surface area contributed by atoms with E-state index in [9.17, 15) is 4.79 Å². The molecule has 0 unspecified atom stereocenters. The van der Waals surface area contributed by atoms with Crippen molar-refractivity contribution >= 4 is 21.8 Å². The fraction of sp³-hybridized carbons (Fsp3) is 0.650. The van der Waals surface area contributed by atoms with Gasteiger partial charge in [-0.2, -0.15) is 0 Å². The number of nitrogens with zero attached hydrogens (tertiary/aromatic N) is 1. The Morgan fingerprint density at radius 3 is 2.56 bits per heavy atom. The molecule has 1 aromatic carbocycles. The molecule has 1 saturated carbocycles. The van der Waals surface area contributed by atoms with Crippen molar-refractivity contribution in [2.24, 2.45) is 5.92 Å². The number of carbonyl (C=O) groups is 1. The summed E-state index contributed by atoms with van der Waals surface area (Å²) in [4.78, 5) is 14.7. The predicted molar refractivity (Wildman–Crippen MR) is 104 cm³/mol. The monoisotopic (exact) mass is 408 g/mol. The fourth-order valence-electron chi connectivity index (χ4n) is 3.99. The molecule has 0 bridgehead atoms. The first-order valence-corrected chi connectivity index (χ1v) is 10.3. The molecule has 0 spiro atoms. The molecule has 5 heteroatoms. The first-order valence-electron chi connectivity index (χ1n) is 9.52. The first kappa shape index (κ1) is 18.7. The van der Waals surface area contributed by atoms with Crippen molar-refractivity contribution in [1.82, 2.24) is 10.2 Å². The summed E-state index contributed by atoms with van der Waals surface area (Å²) in [5.41, 5.74) is 1.24. The molecule has 1 heterocycles. The number of likely N-dealkylation sites (tertiary alicyclic amines) is 1. The number of piperidine rings is 1. The summed E-state index contributed by atoms with van der Waals surface area (Å²) in [5.74, 6) is 1.57. The maximum atomic E-state index is 12.6. The van der Waals surface area contributed by atoms with Crippen molar-refractivity contribution < 1.29 is 9.53 Å². The smallest absolute Gasteiger partial charge is 0.225 e. The van der Waals surface area contributed by atoms with E-state index in [1.54, 1.807) is 7.11 Å². The summed E-state index contributed by atoms with van der Waals surface area (Å²) in [7, 11) is 1.68. The highest BCUT2D eigenvalue weighted by Crippen LogP contribution is 2.27. The minimum Gasteiger partial charge on any atom is -0.496 e. The summed E-state index contributed by atoms with van der Waals surface area (Å²) in [6.07, 6.45) is 8.06. The van der Waals surface area contributed by atoms with E-state index in [0.717, 1.165) is 55.5 Å². The molecular weight excluding hydrogens is 380 g/mol. The van der Waals surface area contributed by atoms with Gasteiger partial charge >= 0.3 is 0 Å². The third-order valence-corrected chi connectivity index (χ3v) is 6.19. The number of amides is 1. The van der Waals surface area contributed by atoms with E-state index in [4.69, 9.17) is 4.74 Å². The first-order chi connectivity index (χ1) is 12.2. The van der Waals surface area contributed by atoms with Crippen LogP contribution in [-0.2, 0) is 11.3 Å². The van der Waals surface area contributed by atoms with Crippen LogP contribution in [0.5, 0.6) is 5.75 Å². The zero-order valence-corrected chi connectivity index (χ0v) is 16.7. The van der Waals surface area contributed by atoms with Gasteiger partial charge in [0.1, 0.15) is 5.75 Å². The van der Waals surface area contributed by atoms with Crippen LogP contribution >= 0.6 is 15.9 Å². The normalized spacial score (nSPS) is 19.8. The van der Waals surface area contributed by atoms with Crippen LogP contribution in [0.3, 0.4) is 0 Å². The van der Waals surface area contributed by atoms with E-state index in [-0.39, 0.29) is 0 Å². The van der Waals surface area contributed by atoms with Crippen molar-refractivity contribution in [3.05, 3.63) is 28.2 Å². The number of carbonyl (C=O) groups excluding carboxylic acids is 1. The molecule has 25 heavy (non-hydrogen) atoms. The van der Waals surface area contributed by atoms with E-state index in [2.05, 4.69) is 38.3 Å². The molecule has 1 aromatic rings. The molecule has 0 atom stereocenters. The second kappa shape index (κ2) is 9.04. The molecule has 1 aliphatic carbocycles. The molecule has 0 radical (unpaired) electrons. The molecule has 1 aliphatic heterocycles. The second-order valence-corrected chi connectivity index (χ2v) is 8.14. The quantitative estimate of drug-likeness (QED) is 0.796. The summed E-state index contributed by atoms with van der Waals surface area (Å²) < 4.78 is 6.26. The van der Waals surface area contributed by atoms with Crippen molar-refractivity contribution in [3.63, 3.8) is 0 Å². The molecule has 0 aromatic heterocycles. The summed E-state index contributed by atoms with van der Waals surface area (Å²) in [5, 5.41) is 3.64. The van der Waals surface area contributed by atoms with E-state index in [1.807, 2.05) is 6.07 Å². The lowest BCUT2D eigenvalue weighted by Crippen LogP contribution is -2.46. The predicted octanol–water partition coefficient (Wildman–Crippen LogP) is 4.12. The van der Waals surface area contributed by atoms with E-state index in [0.29, 0.717) is 17.9 Å². The van der Waals surface area contributed by atoms with Gasteiger partial charge in [0.05, 0.1) is 11.6 Å². The van der Waals surface area contributed by atoms with Crippen LogP contribution in [0.25, 0.3) is 0 Å². The molecule has 3 rings (SSSR count). The molecular formula is C20H29BrN2O2. The van der Waals surface area contributed by atoms with E-state index >= 15 is 0 Å². The van der Waals surface area contributed by atoms with Gasteiger partial charge in [0.25, 0.3) is 0 Å². The number of ether oxygens (including phenoxy) is 1. The third kappa shape index (κ3) is 4.98. The number of rotatable bonds is 5. The Morgan fingerprint density at radius 1 is 1.20 bits per heavy atom. The van der Waals surface area contributed by atoms with Crippen LogP contribution in [0.2, 0.25) is 0 Å². The van der Waals surface area contributed by atoms with Crippen molar-refractivity contribution in [3.8, 4) is 5.75 Å². The van der Waals surface area contributed by atoms with Gasteiger partial charge in [-0.25, -0.2) is 0 Å². The van der Waals surface area contributed by atoms with Crippen molar-refractivity contribution in [2.45, 2.75) is 57.5 Å². The van der Waals surface area contributed by atoms with Crippen molar-refractivity contribution in [2.75, 3.05) is 20.2 Å². The molecule has 1 amide bonds. The average molecular weight is 409 g/mol. The molecule has 1 saturated heterocycles. The minimum atomic E-state index is 0.301. The summed E-state index contributed by atoms with van der Waals surface area (Å²) in [6, 6.07) is 6.69. The average Bonchev–Trinajstić information content (AvgIpc) is 2.67. The highest BCUT2D eigenvalue weighted by molar-refractivity contribution is 9.10. The zero-order valence-electron chi connectivity index (χ0n) is 15.1. The van der Waals surface area contributed by atoms with Gasteiger partial charge in [0.15, 0.2) is 0 Å². The largest absolute Gasteiger partial charge is 0.496 e. The Hall–Kier alpha value is -1.07. The van der Waals surface area contributed by atoms with Gasteiger partial charge in [0, 0.05) is 31.6 Å². The van der Waals surface area contributed by atoms with Gasteiger partial charge < -0.3 is 15.0 Å². The van der Waals surface area contributed by atoms with Crippen LogP contribution in [0, 0.1) is 5.92 Å². The lowest BCUT2D eigenvalue weighted by atomic mass is 9.87. The van der Waals surface area contributed by atoms with Crippen LogP contribution in [0.15, 0.2) is 22.7 Å². The number of hydrogen-bond donors (Lipinski definition) is 1. The number of methoxy groups -OCH3 is 1. The maximum Gasteiger partial charge on any atom is 0.225 e. The summed E-state index contributed by atoms with van der Waals surface area (Å²) in [6.45, 7) is 2.66. The van der Waals surface area contributed by atoms with Crippen LogP contribution < -0.4 is 10.1 Å². The molecule has 2 aliphatic rings. The number of hydrogen-bond acceptors (Lipinski definition) is 3. The van der Waals surface area contributed by atoms with Crippen LogP contribution in [0.4, 0.5) is 0 Å². The van der Waals surface area contributed by atoms with Gasteiger partial charge in [-0.3, -0.25) is 4.79 Å². The Kier molecular flexibility index (Phi) is 6.77. The molecule has 4 nitrogen and oxygen atoms in total. The standard InChI is InChI=1S/C20H29BrN2O2/c1-25-19-8-7-15(13-18(19)21)14-22-17-9-11-23(12-10-17)20(24)16-5-3-2-4-6-16/h7-8,13,16-17,22H,2-6,9-12,14H2,1H3. The van der Waals surface area contributed by atoms with Gasteiger partial charge in [-0.15, -0.1) is 0 Å². The van der Waals surface area contributed by atoms with Gasteiger partial charge in [-0.05, 0) is 59.3 Å². The van der Waals surface area contributed by atoms with Gasteiger partial charge in [-0.1, -0.05) is 25.3 Å². The van der Waals surface area contributed by atoms with E-state index < -0.39 is 0 Å². The number of halogens is 1. The van der Waals surface area contributed by atoms with Gasteiger partial charge in [0.2, 0.25) is 5.91 Å². The molecule has 2 fully saturated rings. The highest BCUT2D eigenvalue weighted by Gasteiger charge is 2.28. The van der Waals surface area contributed by atoms with Crippen LogP contribution in [-0.4, -0.2) is 37.0 Å². The number of benzene rings is 1. The topological polar surface area (TPSA) is 41.6 Å². The maximum absolute atomic E-state index is 12.6. The SMILES string of the molecule is COc1ccc(CNC2CCN(C(=O)C3CCCCC3)CC2)cc1Br.